The Kier molecular flexibility index (Phi) is 3.09. The van der Waals surface area contributed by atoms with Gasteiger partial charge in [-0.3, -0.25) is 0 Å². The molecule has 0 unspecified atom stereocenters. The average molecular weight is 332 g/mol. The number of phenolic OH excluding ortho intramolecular Hbond substituents is 1. The Bertz CT molecular complexity index is 541. The van der Waals surface area contributed by atoms with Gasteiger partial charge in [0.25, 0.3) is 0 Å². The van der Waals surface area contributed by atoms with E-state index in [1.54, 1.807) is 12.1 Å². The van der Waals surface area contributed by atoms with Crippen LogP contribution in [0.4, 0.5) is 8.78 Å². The van der Waals surface area contributed by atoms with Gasteiger partial charge in [0.1, 0.15) is 17.4 Å². The lowest BCUT2D eigenvalue weighted by Crippen LogP contribution is -1.87. The van der Waals surface area contributed by atoms with Crippen LogP contribution in [0.25, 0.3) is 11.1 Å². The predicted octanol–water partition coefficient (Wildman–Crippen LogP) is 3.94. The van der Waals surface area contributed by atoms with Crippen LogP contribution in [0.1, 0.15) is 0 Å². The second kappa shape index (κ2) is 4.37. The number of hydrogen-bond acceptors (Lipinski definition) is 1. The van der Waals surface area contributed by atoms with Crippen LogP contribution < -0.4 is 0 Å². The van der Waals surface area contributed by atoms with E-state index in [9.17, 15) is 13.9 Å². The summed E-state index contributed by atoms with van der Waals surface area (Å²) in [4.78, 5) is 0. The first kappa shape index (κ1) is 11.3. The predicted molar refractivity (Wildman–Crippen MR) is 66.2 cm³/mol. The van der Waals surface area contributed by atoms with Crippen molar-refractivity contribution in [2.24, 2.45) is 0 Å². The average Bonchev–Trinajstić information content (AvgIpc) is 2.22. The molecule has 2 aromatic carbocycles. The largest absolute Gasteiger partial charge is 0.507 e. The van der Waals surface area contributed by atoms with Gasteiger partial charge in [-0.2, -0.15) is 0 Å². The van der Waals surface area contributed by atoms with Gasteiger partial charge in [-0.25, -0.2) is 8.78 Å². The summed E-state index contributed by atoms with van der Waals surface area (Å²) in [6, 6.07) is 8.15. The lowest BCUT2D eigenvalue weighted by molar-refractivity contribution is 0.471. The second-order valence-electron chi connectivity index (χ2n) is 3.29. The fraction of sp³-hybridized carbons (Fsp3) is 0. The van der Waals surface area contributed by atoms with Gasteiger partial charge in [0.15, 0.2) is 0 Å². The van der Waals surface area contributed by atoms with Crippen molar-refractivity contribution in [1.29, 1.82) is 0 Å². The molecule has 0 spiro atoms. The Morgan fingerprint density at radius 2 is 1.75 bits per heavy atom. The lowest BCUT2D eigenvalue weighted by atomic mass is 10.1. The summed E-state index contributed by atoms with van der Waals surface area (Å²) in [5, 5.41) is 9.34. The molecule has 0 atom stereocenters. The molecule has 0 amide bonds. The number of aromatic hydroxyl groups is 1. The molecule has 82 valence electrons. The normalized spacial score (nSPS) is 10.4. The summed E-state index contributed by atoms with van der Waals surface area (Å²) >= 11 is 1.95. The third-order valence-electron chi connectivity index (χ3n) is 2.19. The number of benzene rings is 2. The summed E-state index contributed by atoms with van der Waals surface area (Å²) in [6.45, 7) is 0. The van der Waals surface area contributed by atoms with E-state index < -0.39 is 11.6 Å². The molecule has 0 aliphatic rings. The van der Waals surface area contributed by atoms with Crippen LogP contribution >= 0.6 is 22.6 Å². The fourth-order valence-electron chi connectivity index (χ4n) is 1.40. The summed E-state index contributed by atoms with van der Waals surface area (Å²) in [6.07, 6.45) is 0. The van der Waals surface area contributed by atoms with Crippen molar-refractivity contribution in [2.75, 3.05) is 0 Å². The van der Waals surface area contributed by atoms with Gasteiger partial charge in [0.2, 0.25) is 0 Å². The number of rotatable bonds is 1. The van der Waals surface area contributed by atoms with Gasteiger partial charge < -0.3 is 5.11 Å². The molecule has 1 nitrogen and oxygen atoms in total. The molecule has 0 saturated heterocycles. The van der Waals surface area contributed by atoms with E-state index >= 15 is 0 Å². The van der Waals surface area contributed by atoms with E-state index in [1.807, 2.05) is 22.6 Å². The van der Waals surface area contributed by atoms with Crippen LogP contribution in [0.2, 0.25) is 0 Å². The Morgan fingerprint density at radius 3 is 2.38 bits per heavy atom. The van der Waals surface area contributed by atoms with Crippen LogP contribution in [-0.4, -0.2) is 5.11 Å². The molecular weight excluding hydrogens is 325 g/mol. The Balaban J connectivity index is 2.54. The third kappa shape index (κ3) is 2.16. The van der Waals surface area contributed by atoms with E-state index in [4.69, 9.17) is 0 Å². The minimum atomic E-state index is -0.610. The first-order valence-electron chi connectivity index (χ1n) is 4.52. The first-order valence-corrected chi connectivity index (χ1v) is 5.60. The molecule has 1 N–H and O–H groups in total. The number of hydrogen-bond donors (Lipinski definition) is 1. The molecule has 0 aromatic heterocycles. The van der Waals surface area contributed by atoms with E-state index in [0.717, 1.165) is 6.07 Å². The molecule has 16 heavy (non-hydrogen) atoms. The molecule has 2 aromatic rings. The van der Waals surface area contributed by atoms with Crippen molar-refractivity contribution in [1.82, 2.24) is 0 Å². The maximum Gasteiger partial charge on any atom is 0.133 e. The second-order valence-corrected chi connectivity index (χ2v) is 4.45. The van der Waals surface area contributed by atoms with Crippen molar-refractivity contribution >= 4 is 22.6 Å². The molecule has 2 rings (SSSR count). The molecule has 0 aliphatic carbocycles. The van der Waals surface area contributed by atoms with Crippen molar-refractivity contribution < 1.29 is 13.9 Å². The van der Waals surface area contributed by atoms with Crippen molar-refractivity contribution in [2.45, 2.75) is 0 Å². The summed E-state index contributed by atoms with van der Waals surface area (Å²) in [5.41, 5.74) is 0.930. The smallest absolute Gasteiger partial charge is 0.133 e. The van der Waals surface area contributed by atoms with Gasteiger partial charge in [-0.1, -0.05) is 6.07 Å². The third-order valence-corrected chi connectivity index (χ3v) is 3.05. The Hall–Kier alpha value is -1.17. The maximum absolute atomic E-state index is 13.5. The Labute approximate surface area is 105 Å². The minimum absolute atomic E-state index is 0.145. The topological polar surface area (TPSA) is 20.2 Å². The standard InChI is InChI=1S/C12H7F2IO/c13-8-2-3-9(10(14)6-8)7-1-4-12(16)11(15)5-7/h1-6,16H. The van der Waals surface area contributed by atoms with E-state index in [1.165, 1.54) is 18.2 Å². The molecule has 4 heteroatoms. The molecule has 0 heterocycles. The minimum Gasteiger partial charge on any atom is -0.507 e. The zero-order valence-electron chi connectivity index (χ0n) is 8.05. The van der Waals surface area contributed by atoms with Crippen molar-refractivity contribution in [3.63, 3.8) is 0 Å². The highest BCUT2D eigenvalue weighted by atomic mass is 127. The molecule has 0 saturated carbocycles. The zero-order chi connectivity index (χ0) is 11.7. The van der Waals surface area contributed by atoms with Crippen LogP contribution in [0.15, 0.2) is 36.4 Å². The molecular formula is C12H7F2IO. The Morgan fingerprint density at radius 1 is 1.00 bits per heavy atom. The van der Waals surface area contributed by atoms with Crippen molar-refractivity contribution in [3.8, 4) is 16.9 Å². The van der Waals surface area contributed by atoms with Crippen LogP contribution in [0.5, 0.6) is 5.75 Å². The van der Waals surface area contributed by atoms with Crippen LogP contribution in [-0.2, 0) is 0 Å². The molecule has 0 aliphatic heterocycles. The highest BCUT2D eigenvalue weighted by molar-refractivity contribution is 14.1. The monoisotopic (exact) mass is 332 g/mol. The van der Waals surface area contributed by atoms with Crippen LogP contribution in [0.3, 0.4) is 0 Å². The highest BCUT2D eigenvalue weighted by Crippen LogP contribution is 2.28. The van der Waals surface area contributed by atoms with Crippen molar-refractivity contribution in [3.05, 3.63) is 51.6 Å². The first-order chi connectivity index (χ1) is 7.58. The van der Waals surface area contributed by atoms with Gasteiger partial charge in [0, 0.05) is 11.6 Å². The lowest BCUT2D eigenvalue weighted by Gasteiger charge is -2.05. The zero-order valence-corrected chi connectivity index (χ0v) is 10.2. The van der Waals surface area contributed by atoms with E-state index in [-0.39, 0.29) is 5.75 Å². The van der Waals surface area contributed by atoms with E-state index in [0.29, 0.717) is 14.7 Å². The number of halogens is 3. The number of phenols is 1. The quantitative estimate of drug-likeness (QED) is 0.785. The summed E-state index contributed by atoms with van der Waals surface area (Å²) in [7, 11) is 0. The van der Waals surface area contributed by atoms with Gasteiger partial charge in [0.05, 0.1) is 3.57 Å². The molecule has 0 fully saturated rings. The molecule has 0 radical (unpaired) electrons. The van der Waals surface area contributed by atoms with E-state index in [2.05, 4.69) is 0 Å². The molecule has 0 bridgehead atoms. The fourth-order valence-corrected chi connectivity index (χ4v) is 1.91. The SMILES string of the molecule is Oc1ccc(-c2ccc(F)cc2F)cc1I. The van der Waals surface area contributed by atoms with Gasteiger partial charge in [-0.05, 0) is 52.4 Å². The maximum atomic E-state index is 13.5. The highest BCUT2D eigenvalue weighted by Gasteiger charge is 2.07. The van der Waals surface area contributed by atoms with Gasteiger partial charge >= 0.3 is 0 Å². The van der Waals surface area contributed by atoms with Crippen LogP contribution in [0, 0.1) is 15.2 Å². The summed E-state index contributed by atoms with van der Waals surface area (Å²) in [5.74, 6) is -1.07. The summed E-state index contributed by atoms with van der Waals surface area (Å²) < 4.78 is 26.8. The van der Waals surface area contributed by atoms with Gasteiger partial charge in [-0.15, -0.1) is 0 Å².